The van der Waals surface area contributed by atoms with E-state index in [1.54, 1.807) is 35.2 Å². The molecule has 35 heavy (non-hydrogen) atoms. The van der Waals surface area contributed by atoms with E-state index in [-0.39, 0.29) is 30.0 Å². The molecule has 2 aliphatic rings. The first kappa shape index (κ1) is 24.8. The van der Waals surface area contributed by atoms with Gasteiger partial charge in [0, 0.05) is 42.6 Å². The van der Waals surface area contributed by atoms with Crippen LogP contribution in [-0.4, -0.2) is 52.1 Å². The van der Waals surface area contributed by atoms with Crippen molar-refractivity contribution in [2.24, 2.45) is 0 Å². The Labute approximate surface area is 207 Å². The van der Waals surface area contributed by atoms with Gasteiger partial charge in [-0.1, -0.05) is 12.8 Å². The number of hydrogen-bond acceptors (Lipinski definition) is 4. The smallest absolute Gasteiger partial charge is 0.410 e. The van der Waals surface area contributed by atoms with Crippen LogP contribution in [0.5, 0.6) is 0 Å². The number of carbonyl (C=O) groups excluding carboxylic acids is 3. The highest BCUT2D eigenvalue weighted by Gasteiger charge is 2.29. The number of anilines is 1. The summed E-state index contributed by atoms with van der Waals surface area (Å²) < 4.78 is 7.47. The van der Waals surface area contributed by atoms with Gasteiger partial charge >= 0.3 is 6.09 Å². The predicted molar refractivity (Wildman–Crippen MR) is 135 cm³/mol. The zero-order valence-electron chi connectivity index (χ0n) is 20.9. The fraction of sp³-hybridized carbons (Fsp3) is 0.519. The fourth-order valence-corrected chi connectivity index (χ4v) is 4.80. The summed E-state index contributed by atoms with van der Waals surface area (Å²) >= 11 is 0. The Morgan fingerprint density at radius 3 is 2.20 bits per heavy atom. The molecule has 2 N–H and O–H groups in total. The second-order valence-corrected chi connectivity index (χ2v) is 10.5. The van der Waals surface area contributed by atoms with Gasteiger partial charge < -0.3 is 24.8 Å². The first-order valence-corrected chi connectivity index (χ1v) is 12.6. The number of piperidine rings is 1. The molecule has 1 aromatic heterocycles. The molecule has 1 saturated heterocycles. The highest BCUT2D eigenvalue weighted by atomic mass is 16.6. The number of nitrogens with zero attached hydrogens (tertiary/aromatic N) is 2. The van der Waals surface area contributed by atoms with Crippen molar-refractivity contribution in [2.45, 2.75) is 77.0 Å². The van der Waals surface area contributed by atoms with Crippen LogP contribution in [0.1, 0.15) is 86.2 Å². The van der Waals surface area contributed by atoms with Crippen molar-refractivity contribution < 1.29 is 19.1 Å². The van der Waals surface area contributed by atoms with Crippen LogP contribution in [0, 0.1) is 0 Å². The summed E-state index contributed by atoms with van der Waals surface area (Å²) in [6, 6.07) is 11.1. The molecule has 1 aliphatic heterocycles. The van der Waals surface area contributed by atoms with Gasteiger partial charge in [-0.2, -0.15) is 0 Å². The number of likely N-dealkylation sites (tertiary alicyclic amines) is 1. The summed E-state index contributed by atoms with van der Waals surface area (Å²) in [4.78, 5) is 39.5. The lowest BCUT2D eigenvalue weighted by Gasteiger charge is -2.34. The first-order chi connectivity index (χ1) is 16.7. The summed E-state index contributed by atoms with van der Waals surface area (Å²) in [5, 5.41) is 6.02. The van der Waals surface area contributed by atoms with E-state index in [4.69, 9.17) is 4.74 Å². The molecule has 4 rings (SSSR count). The Balaban J connectivity index is 1.32. The van der Waals surface area contributed by atoms with Gasteiger partial charge in [0.1, 0.15) is 11.3 Å². The number of rotatable bonds is 5. The molecule has 0 atom stereocenters. The highest BCUT2D eigenvalue weighted by molar-refractivity contribution is 6.03. The van der Waals surface area contributed by atoms with Crippen LogP contribution in [0.4, 0.5) is 10.5 Å². The first-order valence-electron chi connectivity index (χ1n) is 12.6. The quantitative estimate of drug-likeness (QED) is 0.631. The molecule has 1 aliphatic carbocycles. The van der Waals surface area contributed by atoms with Gasteiger partial charge in [0.25, 0.3) is 11.8 Å². The maximum Gasteiger partial charge on any atom is 0.410 e. The molecule has 3 amide bonds. The normalized spacial score (nSPS) is 17.3. The van der Waals surface area contributed by atoms with E-state index in [0.29, 0.717) is 30.0 Å². The average molecular weight is 481 g/mol. The summed E-state index contributed by atoms with van der Waals surface area (Å²) in [6.45, 7) is 6.76. The van der Waals surface area contributed by atoms with E-state index in [2.05, 4.69) is 10.6 Å². The summed E-state index contributed by atoms with van der Waals surface area (Å²) in [7, 11) is 0. The zero-order valence-corrected chi connectivity index (χ0v) is 20.9. The van der Waals surface area contributed by atoms with Crippen molar-refractivity contribution in [2.75, 3.05) is 18.4 Å². The highest BCUT2D eigenvalue weighted by Crippen LogP contribution is 2.26. The molecular weight excluding hydrogens is 444 g/mol. The minimum absolute atomic E-state index is 0.0682. The second-order valence-electron chi connectivity index (χ2n) is 10.5. The van der Waals surface area contributed by atoms with Crippen LogP contribution in [0.2, 0.25) is 0 Å². The zero-order chi connectivity index (χ0) is 25.0. The second kappa shape index (κ2) is 10.5. The van der Waals surface area contributed by atoms with E-state index in [9.17, 15) is 14.4 Å². The van der Waals surface area contributed by atoms with Gasteiger partial charge in [-0.05, 0) is 82.9 Å². The van der Waals surface area contributed by atoms with E-state index >= 15 is 0 Å². The predicted octanol–water partition coefficient (Wildman–Crippen LogP) is 4.98. The summed E-state index contributed by atoms with van der Waals surface area (Å²) in [5.41, 5.74) is 1.29. The maximum atomic E-state index is 13.0. The van der Waals surface area contributed by atoms with Crippen LogP contribution in [0.15, 0.2) is 42.6 Å². The van der Waals surface area contributed by atoms with Gasteiger partial charge in [0.15, 0.2) is 0 Å². The fourth-order valence-electron chi connectivity index (χ4n) is 4.80. The van der Waals surface area contributed by atoms with Crippen molar-refractivity contribution in [1.82, 2.24) is 14.8 Å². The largest absolute Gasteiger partial charge is 0.444 e. The Kier molecular flexibility index (Phi) is 7.48. The standard InChI is InChI=1S/C27H36N4O4/c1-27(2,3)35-26(34)30-17-14-22(15-18-30)31-16-6-9-23(31)25(33)29-21-12-10-19(11-13-21)24(32)28-20-7-4-5-8-20/h6,9-13,16,20,22H,4-5,7-8,14-15,17-18H2,1-3H3,(H,28,32)(H,29,33). The Morgan fingerprint density at radius 1 is 0.914 bits per heavy atom. The number of benzene rings is 1. The molecule has 8 nitrogen and oxygen atoms in total. The van der Waals surface area contributed by atoms with E-state index in [0.717, 1.165) is 25.7 Å². The molecule has 2 heterocycles. The van der Waals surface area contributed by atoms with Crippen molar-refractivity contribution in [3.63, 3.8) is 0 Å². The number of nitrogens with one attached hydrogen (secondary N) is 2. The van der Waals surface area contributed by atoms with Crippen molar-refractivity contribution in [3.8, 4) is 0 Å². The van der Waals surface area contributed by atoms with Crippen LogP contribution in [0.25, 0.3) is 0 Å². The monoisotopic (exact) mass is 480 g/mol. The third kappa shape index (κ3) is 6.44. The number of carbonyl (C=O) groups is 3. The topological polar surface area (TPSA) is 92.7 Å². The minimum Gasteiger partial charge on any atom is -0.444 e. The number of hydrogen-bond donors (Lipinski definition) is 2. The number of ether oxygens (including phenoxy) is 1. The molecule has 0 bridgehead atoms. The third-order valence-corrected chi connectivity index (χ3v) is 6.62. The molecule has 0 unspecified atom stereocenters. The van der Waals surface area contributed by atoms with E-state index < -0.39 is 5.60 Å². The molecule has 2 fully saturated rings. The molecule has 2 aromatic rings. The van der Waals surface area contributed by atoms with Crippen molar-refractivity contribution in [1.29, 1.82) is 0 Å². The molecule has 0 radical (unpaired) electrons. The van der Waals surface area contributed by atoms with Gasteiger partial charge in [0.2, 0.25) is 0 Å². The van der Waals surface area contributed by atoms with Crippen molar-refractivity contribution in [3.05, 3.63) is 53.9 Å². The van der Waals surface area contributed by atoms with Crippen molar-refractivity contribution >= 4 is 23.6 Å². The SMILES string of the molecule is CC(C)(C)OC(=O)N1CCC(n2cccc2C(=O)Nc2ccc(C(=O)NC3CCCC3)cc2)CC1. The van der Waals surface area contributed by atoms with E-state index in [1.807, 2.05) is 37.6 Å². The van der Waals surface area contributed by atoms with E-state index in [1.165, 1.54) is 12.8 Å². The van der Waals surface area contributed by atoms with Gasteiger partial charge in [-0.3, -0.25) is 9.59 Å². The van der Waals surface area contributed by atoms with Gasteiger partial charge in [0.05, 0.1) is 0 Å². The Hall–Kier alpha value is -3.29. The molecule has 1 aromatic carbocycles. The molecule has 188 valence electrons. The lowest BCUT2D eigenvalue weighted by atomic mass is 10.0. The number of amides is 3. The van der Waals surface area contributed by atoms with Gasteiger partial charge in [-0.15, -0.1) is 0 Å². The minimum atomic E-state index is -0.516. The Bertz CT molecular complexity index is 1040. The Morgan fingerprint density at radius 2 is 1.57 bits per heavy atom. The van der Waals surface area contributed by atoms with Crippen LogP contribution in [0.3, 0.4) is 0 Å². The van der Waals surface area contributed by atoms with Crippen LogP contribution >= 0.6 is 0 Å². The third-order valence-electron chi connectivity index (χ3n) is 6.62. The lowest BCUT2D eigenvalue weighted by Crippen LogP contribution is -2.42. The molecule has 8 heteroatoms. The van der Waals surface area contributed by atoms with Crippen LogP contribution in [-0.2, 0) is 4.74 Å². The maximum absolute atomic E-state index is 13.0. The molecule has 0 spiro atoms. The van der Waals surface area contributed by atoms with Gasteiger partial charge in [-0.25, -0.2) is 4.79 Å². The summed E-state index contributed by atoms with van der Waals surface area (Å²) in [6.07, 6.45) is 7.54. The lowest BCUT2D eigenvalue weighted by molar-refractivity contribution is 0.0187. The summed E-state index contributed by atoms with van der Waals surface area (Å²) in [5.74, 6) is -0.269. The molecular formula is C27H36N4O4. The average Bonchev–Trinajstić information content (AvgIpc) is 3.51. The molecule has 1 saturated carbocycles. The number of aromatic nitrogens is 1. The van der Waals surface area contributed by atoms with Crippen LogP contribution < -0.4 is 10.6 Å².